The quantitative estimate of drug-likeness (QED) is 0.855. The molecule has 0 bridgehead atoms. The number of carbonyl (C=O) groups excluding carboxylic acids is 1. The molecular weight excluding hydrogens is 300 g/mol. The lowest BCUT2D eigenvalue weighted by molar-refractivity contribution is 0.154. The number of amides is 1. The van der Waals surface area contributed by atoms with Crippen molar-refractivity contribution in [3.63, 3.8) is 0 Å². The summed E-state index contributed by atoms with van der Waals surface area (Å²) in [5.41, 5.74) is 6.66. The van der Waals surface area contributed by atoms with Crippen LogP contribution in [0.1, 0.15) is 18.5 Å². The van der Waals surface area contributed by atoms with Gasteiger partial charge in [0.1, 0.15) is 0 Å². The summed E-state index contributed by atoms with van der Waals surface area (Å²) in [5.74, 6) is 0. The molecular formula is C11H13BrN4O2. The van der Waals surface area contributed by atoms with E-state index in [1.807, 2.05) is 12.3 Å². The third-order valence-electron chi connectivity index (χ3n) is 2.46. The molecule has 18 heavy (non-hydrogen) atoms. The van der Waals surface area contributed by atoms with Crippen molar-refractivity contribution >= 4 is 27.7 Å². The van der Waals surface area contributed by atoms with Gasteiger partial charge in [0, 0.05) is 11.9 Å². The molecule has 2 aromatic rings. The van der Waals surface area contributed by atoms with Crippen LogP contribution in [-0.4, -0.2) is 27.3 Å². The Kier molecular flexibility index (Phi) is 4.14. The molecule has 0 fully saturated rings. The van der Waals surface area contributed by atoms with Crippen molar-refractivity contribution in [2.75, 3.05) is 6.61 Å². The van der Waals surface area contributed by atoms with Crippen LogP contribution in [-0.2, 0) is 11.2 Å². The average molecular weight is 313 g/mol. The number of unbranched alkanes of at least 4 members (excludes halogenated alkanes) is 1. The second-order valence-corrected chi connectivity index (χ2v) is 4.66. The Morgan fingerprint density at radius 1 is 1.50 bits per heavy atom. The number of hydrogen-bond acceptors (Lipinski definition) is 4. The molecule has 7 heteroatoms. The molecule has 0 saturated heterocycles. The first-order valence-electron chi connectivity index (χ1n) is 5.58. The van der Waals surface area contributed by atoms with Crippen LogP contribution in [0.25, 0.3) is 5.65 Å². The van der Waals surface area contributed by atoms with Gasteiger partial charge < -0.3 is 10.5 Å². The summed E-state index contributed by atoms with van der Waals surface area (Å²) in [5, 5.41) is 4.12. The van der Waals surface area contributed by atoms with Gasteiger partial charge in [-0.15, -0.1) is 0 Å². The van der Waals surface area contributed by atoms with Gasteiger partial charge >= 0.3 is 6.09 Å². The van der Waals surface area contributed by atoms with Gasteiger partial charge in [0.15, 0.2) is 5.65 Å². The van der Waals surface area contributed by atoms with E-state index >= 15 is 0 Å². The molecule has 2 aromatic heterocycles. The Morgan fingerprint density at radius 3 is 3.11 bits per heavy atom. The van der Waals surface area contributed by atoms with Crippen molar-refractivity contribution in [1.29, 1.82) is 0 Å². The first-order valence-corrected chi connectivity index (χ1v) is 6.37. The normalized spacial score (nSPS) is 10.7. The molecule has 2 heterocycles. The van der Waals surface area contributed by atoms with E-state index in [0.717, 1.165) is 35.1 Å². The number of carbonyl (C=O) groups is 1. The van der Waals surface area contributed by atoms with Crippen LogP contribution in [0.2, 0.25) is 0 Å². The number of ether oxygens (including phenoxy) is 1. The van der Waals surface area contributed by atoms with Gasteiger partial charge in [-0.05, 0) is 41.3 Å². The molecule has 2 rings (SSSR count). The molecule has 0 unspecified atom stereocenters. The summed E-state index contributed by atoms with van der Waals surface area (Å²) in [7, 11) is 0. The van der Waals surface area contributed by atoms with Crippen molar-refractivity contribution in [3.8, 4) is 0 Å². The minimum absolute atomic E-state index is 0.355. The topological polar surface area (TPSA) is 82.5 Å². The Balaban J connectivity index is 1.87. The van der Waals surface area contributed by atoms with Crippen molar-refractivity contribution in [2.45, 2.75) is 19.3 Å². The molecule has 96 valence electrons. The van der Waals surface area contributed by atoms with E-state index < -0.39 is 6.09 Å². The fraction of sp³-hybridized carbons (Fsp3) is 0.364. The van der Waals surface area contributed by atoms with Crippen molar-refractivity contribution in [2.24, 2.45) is 5.73 Å². The molecule has 0 aliphatic heterocycles. The number of halogens is 1. The fourth-order valence-electron chi connectivity index (χ4n) is 1.60. The third-order valence-corrected chi connectivity index (χ3v) is 3.01. The maximum absolute atomic E-state index is 10.4. The predicted octanol–water partition coefficient (Wildman–Crippen LogP) is 1.91. The lowest BCUT2D eigenvalue weighted by Crippen LogP contribution is -2.13. The highest BCUT2D eigenvalue weighted by Gasteiger charge is 2.04. The molecule has 0 radical (unpaired) electrons. The maximum Gasteiger partial charge on any atom is 0.404 e. The SMILES string of the molecule is NC(=O)OCCCCc1ccn2ncc(Br)c2n1. The monoisotopic (exact) mass is 312 g/mol. The van der Waals surface area contributed by atoms with Crippen LogP contribution < -0.4 is 5.73 Å². The molecule has 0 spiro atoms. The van der Waals surface area contributed by atoms with Gasteiger partial charge in [-0.2, -0.15) is 5.10 Å². The van der Waals surface area contributed by atoms with Crippen LogP contribution in [0, 0.1) is 0 Å². The number of nitrogens with zero attached hydrogens (tertiary/aromatic N) is 3. The Hall–Kier alpha value is -1.63. The lowest BCUT2D eigenvalue weighted by atomic mass is 10.2. The second-order valence-electron chi connectivity index (χ2n) is 3.80. The molecule has 1 amide bonds. The highest BCUT2D eigenvalue weighted by molar-refractivity contribution is 9.10. The summed E-state index contributed by atoms with van der Waals surface area (Å²) in [6, 6.07) is 1.93. The number of primary amides is 1. The van der Waals surface area contributed by atoms with E-state index in [0.29, 0.717) is 6.61 Å². The zero-order valence-corrected chi connectivity index (χ0v) is 11.3. The first kappa shape index (κ1) is 12.8. The minimum Gasteiger partial charge on any atom is -0.450 e. The fourth-order valence-corrected chi connectivity index (χ4v) is 1.96. The Morgan fingerprint density at radius 2 is 2.33 bits per heavy atom. The van der Waals surface area contributed by atoms with Crippen LogP contribution in [0.15, 0.2) is 22.9 Å². The van der Waals surface area contributed by atoms with E-state index in [-0.39, 0.29) is 0 Å². The molecule has 0 atom stereocenters. The second kappa shape index (κ2) is 5.81. The van der Waals surface area contributed by atoms with Crippen molar-refractivity contribution in [3.05, 3.63) is 28.6 Å². The molecule has 0 saturated carbocycles. The van der Waals surface area contributed by atoms with Crippen LogP contribution in [0.3, 0.4) is 0 Å². The third kappa shape index (κ3) is 3.19. The molecule has 0 aromatic carbocycles. The van der Waals surface area contributed by atoms with Crippen LogP contribution in [0.5, 0.6) is 0 Å². The number of aromatic nitrogens is 3. The standard InChI is InChI=1S/C11H13BrN4O2/c12-9-7-14-16-5-4-8(15-10(9)16)3-1-2-6-18-11(13)17/h4-5,7H,1-3,6H2,(H2,13,17). The van der Waals surface area contributed by atoms with Crippen molar-refractivity contribution < 1.29 is 9.53 Å². The van der Waals surface area contributed by atoms with E-state index in [4.69, 9.17) is 5.73 Å². The van der Waals surface area contributed by atoms with E-state index in [2.05, 4.69) is 30.7 Å². The van der Waals surface area contributed by atoms with Crippen molar-refractivity contribution in [1.82, 2.24) is 14.6 Å². The Labute approximate surface area is 112 Å². The van der Waals surface area contributed by atoms with E-state index in [1.54, 1.807) is 10.7 Å². The number of nitrogens with two attached hydrogens (primary N) is 1. The predicted molar refractivity (Wildman–Crippen MR) is 69.2 cm³/mol. The largest absolute Gasteiger partial charge is 0.450 e. The average Bonchev–Trinajstić information content (AvgIpc) is 2.70. The highest BCUT2D eigenvalue weighted by atomic mass is 79.9. The lowest BCUT2D eigenvalue weighted by Gasteiger charge is -2.02. The Bertz CT molecular complexity index is 555. The van der Waals surface area contributed by atoms with Gasteiger partial charge in [0.25, 0.3) is 0 Å². The first-order chi connectivity index (χ1) is 8.66. The maximum atomic E-state index is 10.4. The zero-order chi connectivity index (χ0) is 13.0. The minimum atomic E-state index is -0.724. The highest BCUT2D eigenvalue weighted by Crippen LogP contribution is 2.15. The van der Waals surface area contributed by atoms with E-state index in [9.17, 15) is 4.79 Å². The molecule has 2 N–H and O–H groups in total. The number of rotatable bonds is 5. The molecule has 6 nitrogen and oxygen atoms in total. The van der Waals surface area contributed by atoms with Gasteiger partial charge in [0.2, 0.25) is 0 Å². The van der Waals surface area contributed by atoms with Crippen LogP contribution in [0.4, 0.5) is 4.79 Å². The summed E-state index contributed by atoms with van der Waals surface area (Å²) in [4.78, 5) is 14.8. The van der Waals surface area contributed by atoms with Gasteiger partial charge in [-0.25, -0.2) is 14.3 Å². The summed E-state index contributed by atoms with van der Waals surface area (Å²) < 4.78 is 7.24. The van der Waals surface area contributed by atoms with Gasteiger partial charge in [-0.1, -0.05) is 0 Å². The van der Waals surface area contributed by atoms with Gasteiger partial charge in [-0.3, -0.25) is 0 Å². The summed E-state index contributed by atoms with van der Waals surface area (Å²) in [6.07, 6.45) is 5.36. The smallest absolute Gasteiger partial charge is 0.404 e. The van der Waals surface area contributed by atoms with Gasteiger partial charge in [0.05, 0.1) is 17.3 Å². The molecule has 0 aliphatic carbocycles. The molecule has 0 aliphatic rings. The number of hydrogen-bond donors (Lipinski definition) is 1. The summed E-state index contributed by atoms with van der Waals surface area (Å²) in [6.45, 7) is 0.355. The van der Waals surface area contributed by atoms with E-state index in [1.165, 1.54) is 0 Å². The van der Waals surface area contributed by atoms with Crippen LogP contribution >= 0.6 is 15.9 Å². The summed E-state index contributed by atoms with van der Waals surface area (Å²) >= 11 is 3.39. The zero-order valence-electron chi connectivity index (χ0n) is 9.67. The number of fused-ring (bicyclic) bond motifs is 1. The number of aryl methyl sites for hydroxylation is 1.